The van der Waals surface area contributed by atoms with E-state index >= 15 is 0 Å². The molecule has 0 bridgehead atoms. The van der Waals surface area contributed by atoms with Crippen molar-refractivity contribution in [3.05, 3.63) is 12.4 Å². The minimum absolute atomic E-state index is 0.0707. The topological polar surface area (TPSA) is 172 Å². The first-order valence-corrected chi connectivity index (χ1v) is 7.28. The monoisotopic (exact) mass is 351 g/mol. The number of aromatic nitrogens is 3. The van der Waals surface area contributed by atoms with Crippen molar-refractivity contribution in [3.8, 4) is 6.07 Å². The van der Waals surface area contributed by atoms with Gasteiger partial charge in [0.25, 0.3) is 5.91 Å². The van der Waals surface area contributed by atoms with Gasteiger partial charge in [-0.15, -0.1) is 5.10 Å². The van der Waals surface area contributed by atoms with Gasteiger partial charge in [-0.1, -0.05) is 16.8 Å². The zero-order valence-electron chi connectivity index (χ0n) is 13.2. The summed E-state index contributed by atoms with van der Waals surface area (Å²) >= 11 is 0. The Labute approximate surface area is 142 Å². The summed E-state index contributed by atoms with van der Waals surface area (Å²) in [5, 5.41) is 32.1. The number of nitrogens with one attached hydrogen (secondary N) is 2. The Bertz CT molecular complexity index is 650. The number of urea groups is 1. The van der Waals surface area contributed by atoms with Crippen LogP contribution in [0.25, 0.3) is 0 Å². The summed E-state index contributed by atoms with van der Waals surface area (Å²) in [5.74, 6) is -1.88. The predicted molar refractivity (Wildman–Crippen MR) is 81.8 cm³/mol. The number of amides is 3. The molecule has 0 aromatic carbocycles. The predicted octanol–water partition coefficient (Wildman–Crippen LogP) is -0.397. The van der Waals surface area contributed by atoms with Gasteiger partial charge in [0.1, 0.15) is 6.07 Å². The van der Waals surface area contributed by atoms with Gasteiger partial charge in [-0.05, 0) is 12.8 Å². The number of nitrogens with zero attached hydrogens (tertiary/aromatic N) is 5. The lowest BCUT2D eigenvalue weighted by Gasteiger charge is -2.05. The lowest BCUT2D eigenvalue weighted by atomic mass is 10.2. The molecule has 134 valence electrons. The van der Waals surface area contributed by atoms with E-state index in [2.05, 4.69) is 20.8 Å². The Balaban J connectivity index is 2.26. The van der Waals surface area contributed by atoms with E-state index in [-0.39, 0.29) is 19.7 Å². The quantitative estimate of drug-likeness (QED) is 0.290. The number of carbonyl (C=O) groups is 3. The van der Waals surface area contributed by atoms with Crippen LogP contribution in [0, 0.1) is 11.3 Å². The van der Waals surface area contributed by atoms with Crippen LogP contribution >= 0.6 is 0 Å². The van der Waals surface area contributed by atoms with Crippen molar-refractivity contribution in [1.29, 1.82) is 5.26 Å². The molecule has 0 fully saturated rings. The highest BCUT2D eigenvalue weighted by molar-refractivity contribution is 6.46. The zero-order valence-corrected chi connectivity index (χ0v) is 13.2. The molecule has 0 aliphatic carbocycles. The Morgan fingerprint density at radius 2 is 2.12 bits per heavy atom. The Hall–Kier alpha value is -3.49. The van der Waals surface area contributed by atoms with E-state index in [9.17, 15) is 14.4 Å². The van der Waals surface area contributed by atoms with Gasteiger partial charge < -0.3 is 15.3 Å². The van der Waals surface area contributed by atoms with Crippen LogP contribution in [0.5, 0.6) is 0 Å². The lowest BCUT2D eigenvalue weighted by Crippen LogP contribution is -2.42. The van der Waals surface area contributed by atoms with Crippen LogP contribution in [0.3, 0.4) is 0 Å². The molecule has 1 aromatic heterocycles. The molecular formula is C13H17N7O5. The van der Waals surface area contributed by atoms with E-state index in [1.807, 2.05) is 5.32 Å². The lowest BCUT2D eigenvalue weighted by molar-refractivity contribution is -0.137. The van der Waals surface area contributed by atoms with E-state index < -0.39 is 23.6 Å². The second-order valence-corrected chi connectivity index (χ2v) is 4.67. The third-order valence-corrected chi connectivity index (χ3v) is 2.72. The van der Waals surface area contributed by atoms with Crippen LogP contribution in [-0.2, 0) is 21.2 Å². The summed E-state index contributed by atoms with van der Waals surface area (Å²) in [6, 6.07) is 0.725. The molecule has 1 rings (SSSR count). The second kappa shape index (κ2) is 11.1. The molecule has 12 nitrogen and oxygen atoms in total. The number of imide groups is 1. The molecule has 1 heterocycles. The number of hydrogen-bond donors (Lipinski definition) is 3. The van der Waals surface area contributed by atoms with Gasteiger partial charge >= 0.3 is 12.0 Å². The number of aliphatic carboxylic acids is 1. The van der Waals surface area contributed by atoms with Crippen molar-refractivity contribution in [2.45, 2.75) is 32.4 Å². The van der Waals surface area contributed by atoms with Crippen molar-refractivity contribution in [1.82, 2.24) is 25.6 Å². The van der Waals surface area contributed by atoms with Gasteiger partial charge in [0.15, 0.2) is 0 Å². The van der Waals surface area contributed by atoms with Crippen molar-refractivity contribution in [2.24, 2.45) is 5.16 Å². The Kier molecular flexibility index (Phi) is 8.69. The molecule has 0 aliphatic rings. The SMILES string of the molecule is N#CC(=NOCn1ccnn1)C(=O)NC(=O)NCCCCCC(=O)O. The van der Waals surface area contributed by atoms with Crippen molar-refractivity contribution in [2.75, 3.05) is 6.54 Å². The maximum atomic E-state index is 11.7. The average Bonchev–Trinajstić information content (AvgIpc) is 3.07. The minimum atomic E-state index is -1.01. The first kappa shape index (κ1) is 19.6. The summed E-state index contributed by atoms with van der Waals surface area (Å²) in [6.07, 6.45) is 4.67. The van der Waals surface area contributed by atoms with E-state index in [0.717, 1.165) is 0 Å². The van der Waals surface area contributed by atoms with Gasteiger partial charge in [0, 0.05) is 19.2 Å². The molecule has 3 amide bonds. The van der Waals surface area contributed by atoms with Crippen LogP contribution < -0.4 is 10.6 Å². The van der Waals surface area contributed by atoms with Crippen LogP contribution in [0.15, 0.2) is 17.5 Å². The van der Waals surface area contributed by atoms with Crippen LogP contribution in [0.1, 0.15) is 25.7 Å². The summed E-state index contributed by atoms with van der Waals surface area (Å²) < 4.78 is 1.27. The molecule has 0 unspecified atom stereocenters. The largest absolute Gasteiger partial charge is 0.481 e. The van der Waals surface area contributed by atoms with Crippen molar-refractivity contribution >= 4 is 23.6 Å². The van der Waals surface area contributed by atoms with Gasteiger partial charge in [-0.25, -0.2) is 9.48 Å². The fourth-order valence-corrected chi connectivity index (χ4v) is 1.55. The molecule has 12 heteroatoms. The molecular weight excluding hydrogens is 334 g/mol. The van der Waals surface area contributed by atoms with Gasteiger partial charge in [-0.3, -0.25) is 14.9 Å². The fourth-order valence-electron chi connectivity index (χ4n) is 1.55. The highest BCUT2D eigenvalue weighted by Crippen LogP contribution is 1.98. The number of nitriles is 1. The average molecular weight is 351 g/mol. The van der Waals surface area contributed by atoms with Gasteiger partial charge in [-0.2, -0.15) is 5.26 Å². The Morgan fingerprint density at radius 3 is 2.76 bits per heavy atom. The van der Waals surface area contributed by atoms with Crippen LogP contribution in [0.2, 0.25) is 0 Å². The first-order chi connectivity index (χ1) is 12.0. The smallest absolute Gasteiger partial charge is 0.321 e. The van der Waals surface area contributed by atoms with Gasteiger partial charge in [0.05, 0.1) is 6.20 Å². The maximum Gasteiger partial charge on any atom is 0.321 e. The van der Waals surface area contributed by atoms with Crippen molar-refractivity contribution < 1.29 is 24.3 Å². The summed E-state index contributed by atoms with van der Waals surface area (Å²) in [7, 11) is 0. The number of rotatable bonds is 10. The molecule has 3 N–H and O–H groups in total. The molecule has 25 heavy (non-hydrogen) atoms. The van der Waals surface area contributed by atoms with Crippen LogP contribution in [0.4, 0.5) is 4.79 Å². The van der Waals surface area contributed by atoms with E-state index in [0.29, 0.717) is 19.3 Å². The van der Waals surface area contributed by atoms with E-state index in [4.69, 9.17) is 15.2 Å². The fraction of sp³-hybridized carbons (Fsp3) is 0.462. The maximum absolute atomic E-state index is 11.7. The zero-order chi connectivity index (χ0) is 18.5. The number of carboxylic acids is 1. The molecule has 0 radical (unpaired) electrons. The number of hydrogen-bond acceptors (Lipinski definition) is 8. The number of oxime groups is 1. The molecule has 0 aliphatic heterocycles. The molecule has 0 saturated heterocycles. The first-order valence-electron chi connectivity index (χ1n) is 7.28. The summed E-state index contributed by atoms with van der Waals surface area (Å²) in [5.41, 5.74) is -0.628. The number of carboxylic acid groups (broad SMARTS) is 1. The third kappa shape index (κ3) is 8.65. The number of carbonyl (C=O) groups excluding carboxylic acids is 2. The van der Waals surface area contributed by atoms with Crippen LogP contribution in [-0.4, -0.2) is 50.3 Å². The Morgan fingerprint density at radius 1 is 1.32 bits per heavy atom. The second-order valence-electron chi connectivity index (χ2n) is 4.67. The number of unbranched alkanes of at least 4 members (excludes halogenated alkanes) is 2. The highest BCUT2D eigenvalue weighted by Gasteiger charge is 2.15. The van der Waals surface area contributed by atoms with Gasteiger partial charge in [0.2, 0.25) is 12.4 Å². The normalized spacial score (nSPS) is 10.6. The van der Waals surface area contributed by atoms with Crippen molar-refractivity contribution in [3.63, 3.8) is 0 Å². The molecule has 1 aromatic rings. The summed E-state index contributed by atoms with van der Waals surface area (Å²) in [4.78, 5) is 38.3. The summed E-state index contributed by atoms with van der Waals surface area (Å²) in [6.45, 7) is 0.113. The minimum Gasteiger partial charge on any atom is -0.481 e. The molecule has 0 saturated carbocycles. The third-order valence-electron chi connectivity index (χ3n) is 2.72. The standard InChI is InChI=1S/C13H17N7O5/c14-8-10(18-25-9-20-7-6-16-19-20)12(23)17-13(24)15-5-3-1-2-4-11(21)22/h6-7H,1-5,9H2,(H,21,22)(H2,15,17,23,24). The van der Waals surface area contributed by atoms with E-state index in [1.165, 1.54) is 23.1 Å². The highest BCUT2D eigenvalue weighted by atomic mass is 16.6. The molecule has 0 atom stereocenters. The van der Waals surface area contributed by atoms with E-state index in [1.54, 1.807) is 0 Å². The molecule has 0 spiro atoms.